The van der Waals surface area contributed by atoms with E-state index in [1.54, 1.807) is 11.0 Å². The maximum Gasteiger partial charge on any atom is 0.410 e. The molecule has 1 N–H and O–H groups in total. The van der Waals surface area contributed by atoms with E-state index in [9.17, 15) is 4.79 Å². The van der Waals surface area contributed by atoms with Crippen molar-refractivity contribution in [2.75, 3.05) is 36.4 Å². The number of aromatic nitrogens is 2. The average Bonchev–Trinajstić information content (AvgIpc) is 3.00. The SMILES string of the molecule is CCNc1nc(N2CC(N(CC)C(=O)OC(C)(C)C)C2)c2oc3ccc(Cl)cc3c2n1. The lowest BCUT2D eigenvalue weighted by molar-refractivity contribution is 0.0144. The fourth-order valence-corrected chi connectivity index (χ4v) is 3.91. The Balaban J connectivity index is 1.64. The fraction of sp³-hybridized carbons (Fsp3) is 0.500. The van der Waals surface area contributed by atoms with Crippen LogP contribution in [0.25, 0.3) is 22.1 Å². The van der Waals surface area contributed by atoms with Crippen LogP contribution >= 0.6 is 11.6 Å². The first-order valence-electron chi connectivity index (χ1n) is 10.6. The van der Waals surface area contributed by atoms with Crippen LogP contribution in [0.1, 0.15) is 34.6 Å². The number of rotatable bonds is 5. The molecule has 8 nitrogen and oxygen atoms in total. The second-order valence-corrected chi connectivity index (χ2v) is 9.08. The average molecular weight is 446 g/mol. The number of amides is 1. The zero-order chi connectivity index (χ0) is 22.3. The van der Waals surface area contributed by atoms with Gasteiger partial charge in [-0.15, -0.1) is 0 Å². The maximum absolute atomic E-state index is 12.6. The number of halogens is 1. The summed E-state index contributed by atoms with van der Waals surface area (Å²) in [6, 6.07) is 5.54. The van der Waals surface area contributed by atoms with Gasteiger partial charge in [0, 0.05) is 36.6 Å². The van der Waals surface area contributed by atoms with Crippen molar-refractivity contribution in [2.45, 2.75) is 46.3 Å². The third-order valence-corrected chi connectivity index (χ3v) is 5.40. The highest BCUT2D eigenvalue weighted by atomic mass is 35.5. The standard InChI is InChI=1S/C22H28ClN5O3/c1-6-24-20-25-17-15-10-13(23)8-9-16(15)30-18(17)19(26-20)27-11-14(12-27)28(7-2)21(29)31-22(3,4)5/h8-10,14H,6-7,11-12H2,1-5H3,(H,24,25,26). The van der Waals surface area contributed by atoms with E-state index in [4.69, 9.17) is 25.7 Å². The predicted molar refractivity (Wildman–Crippen MR) is 123 cm³/mol. The summed E-state index contributed by atoms with van der Waals surface area (Å²) >= 11 is 6.20. The van der Waals surface area contributed by atoms with Crippen molar-refractivity contribution in [3.8, 4) is 0 Å². The monoisotopic (exact) mass is 445 g/mol. The Hall–Kier alpha value is -2.74. The van der Waals surface area contributed by atoms with Crippen LogP contribution in [0.15, 0.2) is 22.6 Å². The van der Waals surface area contributed by atoms with Gasteiger partial charge < -0.3 is 24.3 Å². The van der Waals surface area contributed by atoms with Crippen molar-refractivity contribution in [1.82, 2.24) is 14.9 Å². The quantitative estimate of drug-likeness (QED) is 0.597. The molecule has 4 rings (SSSR count). The Kier molecular flexibility index (Phi) is 5.60. The Morgan fingerprint density at radius 1 is 1.32 bits per heavy atom. The Labute approximate surface area is 186 Å². The van der Waals surface area contributed by atoms with Crippen LogP contribution in [0.5, 0.6) is 0 Å². The lowest BCUT2D eigenvalue weighted by atomic mass is 10.1. The van der Waals surface area contributed by atoms with Gasteiger partial charge in [-0.25, -0.2) is 9.78 Å². The van der Waals surface area contributed by atoms with Gasteiger partial charge in [0.2, 0.25) is 5.95 Å². The van der Waals surface area contributed by atoms with Crippen LogP contribution < -0.4 is 10.2 Å². The maximum atomic E-state index is 12.6. The largest absolute Gasteiger partial charge is 0.450 e. The van der Waals surface area contributed by atoms with E-state index >= 15 is 0 Å². The molecule has 0 spiro atoms. The van der Waals surface area contributed by atoms with Crippen LogP contribution in [-0.4, -0.2) is 58.8 Å². The van der Waals surface area contributed by atoms with Gasteiger partial charge in [0.15, 0.2) is 11.4 Å². The first-order valence-corrected chi connectivity index (χ1v) is 11.0. The molecule has 2 aromatic heterocycles. The van der Waals surface area contributed by atoms with Crippen molar-refractivity contribution in [3.63, 3.8) is 0 Å². The summed E-state index contributed by atoms with van der Waals surface area (Å²) in [5.41, 5.74) is 1.53. The summed E-state index contributed by atoms with van der Waals surface area (Å²) in [4.78, 5) is 25.8. The molecule has 0 unspecified atom stereocenters. The van der Waals surface area contributed by atoms with E-state index in [-0.39, 0.29) is 12.1 Å². The first-order chi connectivity index (χ1) is 14.7. The van der Waals surface area contributed by atoms with Gasteiger partial charge in [-0.1, -0.05) is 11.6 Å². The fourth-order valence-electron chi connectivity index (χ4n) is 3.74. The molecule has 3 aromatic rings. The molecule has 0 radical (unpaired) electrons. The van der Waals surface area contributed by atoms with Crippen molar-refractivity contribution in [1.29, 1.82) is 0 Å². The number of carbonyl (C=O) groups is 1. The van der Waals surface area contributed by atoms with Crippen LogP contribution in [-0.2, 0) is 4.74 Å². The number of furan rings is 1. The van der Waals surface area contributed by atoms with Crippen LogP contribution in [0.4, 0.5) is 16.6 Å². The van der Waals surface area contributed by atoms with Crippen molar-refractivity contribution in [2.24, 2.45) is 0 Å². The van der Waals surface area contributed by atoms with E-state index < -0.39 is 5.60 Å². The molecular weight excluding hydrogens is 418 g/mol. The topological polar surface area (TPSA) is 83.7 Å². The lowest BCUT2D eigenvalue weighted by Crippen LogP contribution is -2.61. The molecule has 3 heterocycles. The zero-order valence-electron chi connectivity index (χ0n) is 18.5. The molecular formula is C22H28ClN5O3. The molecule has 1 fully saturated rings. The first kappa shape index (κ1) is 21.5. The van der Waals surface area contributed by atoms with Gasteiger partial charge in [0.1, 0.15) is 16.7 Å². The van der Waals surface area contributed by atoms with E-state index in [1.165, 1.54) is 0 Å². The summed E-state index contributed by atoms with van der Waals surface area (Å²) in [5, 5.41) is 4.67. The molecule has 166 valence electrons. The molecule has 0 atom stereocenters. The van der Waals surface area contributed by atoms with E-state index in [1.807, 2.05) is 46.8 Å². The molecule has 1 aliphatic heterocycles. The van der Waals surface area contributed by atoms with E-state index in [0.717, 1.165) is 10.9 Å². The minimum atomic E-state index is -0.525. The number of hydrogen-bond acceptors (Lipinski definition) is 7. The summed E-state index contributed by atoms with van der Waals surface area (Å²) in [6.07, 6.45) is -0.292. The predicted octanol–water partition coefficient (Wildman–Crippen LogP) is 4.91. The second kappa shape index (κ2) is 8.07. The van der Waals surface area contributed by atoms with E-state index in [2.05, 4.69) is 15.2 Å². The Morgan fingerprint density at radius 3 is 2.71 bits per heavy atom. The highest BCUT2D eigenvalue weighted by molar-refractivity contribution is 6.31. The van der Waals surface area contributed by atoms with Crippen molar-refractivity contribution >= 4 is 51.5 Å². The highest BCUT2D eigenvalue weighted by Crippen LogP contribution is 2.37. The Morgan fingerprint density at radius 2 is 2.06 bits per heavy atom. The number of benzene rings is 1. The number of likely N-dealkylation sites (N-methyl/N-ethyl adjacent to an activating group) is 1. The van der Waals surface area contributed by atoms with E-state index in [0.29, 0.717) is 54.1 Å². The molecule has 0 saturated carbocycles. The smallest absolute Gasteiger partial charge is 0.410 e. The minimum Gasteiger partial charge on any atom is -0.450 e. The number of anilines is 2. The van der Waals surface area contributed by atoms with Crippen LogP contribution in [0.2, 0.25) is 5.02 Å². The molecule has 9 heteroatoms. The van der Waals surface area contributed by atoms with Gasteiger partial charge in [-0.05, 0) is 52.8 Å². The lowest BCUT2D eigenvalue weighted by Gasteiger charge is -2.45. The molecule has 0 bridgehead atoms. The summed E-state index contributed by atoms with van der Waals surface area (Å²) in [7, 11) is 0. The molecule has 0 aliphatic carbocycles. The third kappa shape index (κ3) is 4.21. The molecule has 1 aliphatic rings. The molecule has 31 heavy (non-hydrogen) atoms. The summed E-state index contributed by atoms with van der Waals surface area (Å²) < 4.78 is 11.7. The zero-order valence-corrected chi connectivity index (χ0v) is 19.3. The number of hydrogen-bond donors (Lipinski definition) is 1. The van der Waals surface area contributed by atoms with Gasteiger partial charge in [-0.2, -0.15) is 4.98 Å². The van der Waals surface area contributed by atoms with Crippen LogP contribution in [0.3, 0.4) is 0 Å². The van der Waals surface area contributed by atoms with Crippen molar-refractivity contribution in [3.05, 3.63) is 23.2 Å². The highest BCUT2D eigenvalue weighted by Gasteiger charge is 2.38. The number of nitrogens with zero attached hydrogens (tertiary/aromatic N) is 4. The Bertz CT molecular complexity index is 1120. The minimum absolute atomic E-state index is 0.0475. The normalized spacial score (nSPS) is 14.7. The van der Waals surface area contributed by atoms with Gasteiger partial charge in [0.05, 0.1) is 6.04 Å². The van der Waals surface area contributed by atoms with Crippen LogP contribution in [0, 0.1) is 0 Å². The number of fused-ring (bicyclic) bond motifs is 3. The van der Waals surface area contributed by atoms with Crippen molar-refractivity contribution < 1.29 is 13.9 Å². The number of ether oxygens (including phenoxy) is 1. The summed E-state index contributed by atoms with van der Waals surface area (Å²) in [5.74, 6) is 1.25. The number of nitrogens with one attached hydrogen (secondary N) is 1. The molecule has 1 amide bonds. The van der Waals surface area contributed by atoms with Gasteiger partial charge >= 0.3 is 6.09 Å². The molecule has 1 saturated heterocycles. The third-order valence-electron chi connectivity index (χ3n) is 5.16. The van der Waals surface area contributed by atoms with Gasteiger partial charge in [-0.3, -0.25) is 0 Å². The molecule has 1 aromatic carbocycles. The van der Waals surface area contributed by atoms with Gasteiger partial charge in [0.25, 0.3) is 0 Å². The second-order valence-electron chi connectivity index (χ2n) is 8.65. The number of carbonyl (C=O) groups excluding carboxylic acids is 1. The summed E-state index contributed by atoms with van der Waals surface area (Å²) in [6.45, 7) is 12.1.